The van der Waals surface area contributed by atoms with Crippen molar-refractivity contribution in [2.24, 2.45) is 5.92 Å². The number of Topliss-reactive ketones (excluding diaryl/α,β-unsaturated/α-hetero) is 1. The van der Waals surface area contributed by atoms with Crippen LogP contribution in [0.1, 0.15) is 17.5 Å². The van der Waals surface area contributed by atoms with Crippen LogP contribution in [0, 0.1) is 5.92 Å². The summed E-state index contributed by atoms with van der Waals surface area (Å²) in [6.07, 6.45) is 4.24. The molecule has 3 rings (SSSR count). The van der Waals surface area contributed by atoms with Crippen molar-refractivity contribution >= 4 is 5.78 Å². The highest BCUT2D eigenvalue weighted by molar-refractivity contribution is 6.01. The zero-order valence-electron chi connectivity index (χ0n) is 12.0. The summed E-state index contributed by atoms with van der Waals surface area (Å²) in [6.45, 7) is 0. The van der Waals surface area contributed by atoms with Gasteiger partial charge in [0.25, 0.3) is 0 Å². The second-order valence-electron chi connectivity index (χ2n) is 5.34. The molecule has 106 valence electrons. The molecule has 1 unspecified atom stereocenters. The zero-order chi connectivity index (χ0) is 14.7. The van der Waals surface area contributed by atoms with Crippen LogP contribution in [0.3, 0.4) is 0 Å². The second-order valence-corrected chi connectivity index (χ2v) is 5.34. The Kier molecular flexibility index (Phi) is 3.61. The van der Waals surface area contributed by atoms with Gasteiger partial charge in [0.2, 0.25) is 0 Å². The molecule has 2 nitrogen and oxygen atoms in total. The predicted molar refractivity (Wildman–Crippen MR) is 82.9 cm³/mol. The molecule has 0 radical (unpaired) electrons. The van der Waals surface area contributed by atoms with E-state index >= 15 is 0 Å². The molecule has 0 saturated heterocycles. The summed E-state index contributed by atoms with van der Waals surface area (Å²) in [5.74, 6) is 0.403. The molecule has 0 heterocycles. The number of benzene rings is 2. The standard InChI is InChI=1S/C19H18O2/c1-21-13-12-17-14-18(20)19(17,15-8-4-2-5-9-15)16-10-6-3-7-11-16/h2-13,17H,14H2,1H3/b13-12+. The number of ketones is 1. The van der Waals surface area contributed by atoms with E-state index in [9.17, 15) is 4.79 Å². The fourth-order valence-electron chi connectivity index (χ4n) is 3.29. The Labute approximate surface area is 125 Å². The lowest BCUT2D eigenvalue weighted by Crippen LogP contribution is -2.53. The van der Waals surface area contributed by atoms with Crippen molar-refractivity contribution in [1.29, 1.82) is 0 Å². The van der Waals surface area contributed by atoms with E-state index in [1.807, 2.05) is 66.7 Å². The Bertz CT molecular complexity index is 604. The molecule has 2 heteroatoms. The first kappa shape index (κ1) is 13.6. The number of carbonyl (C=O) groups excluding carboxylic acids is 1. The minimum atomic E-state index is -0.572. The average Bonchev–Trinajstić information content (AvgIpc) is 2.54. The van der Waals surface area contributed by atoms with E-state index in [4.69, 9.17) is 4.74 Å². The molecule has 0 bridgehead atoms. The van der Waals surface area contributed by atoms with Gasteiger partial charge in [-0.15, -0.1) is 0 Å². The Hall–Kier alpha value is -2.35. The van der Waals surface area contributed by atoms with Crippen molar-refractivity contribution in [2.75, 3.05) is 7.11 Å². The van der Waals surface area contributed by atoms with Gasteiger partial charge in [-0.25, -0.2) is 0 Å². The van der Waals surface area contributed by atoms with Gasteiger partial charge in [-0.05, 0) is 17.2 Å². The van der Waals surface area contributed by atoms with Crippen molar-refractivity contribution in [3.8, 4) is 0 Å². The third-order valence-corrected chi connectivity index (χ3v) is 4.31. The summed E-state index contributed by atoms with van der Waals surface area (Å²) in [7, 11) is 1.63. The highest BCUT2D eigenvalue weighted by Gasteiger charge is 2.55. The third-order valence-electron chi connectivity index (χ3n) is 4.31. The van der Waals surface area contributed by atoms with E-state index in [0.29, 0.717) is 6.42 Å². The van der Waals surface area contributed by atoms with Gasteiger partial charge in [0, 0.05) is 12.3 Å². The molecule has 1 fully saturated rings. The number of allylic oxidation sites excluding steroid dienone is 1. The smallest absolute Gasteiger partial charge is 0.149 e. The van der Waals surface area contributed by atoms with E-state index < -0.39 is 5.41 Å². The molecule has 1 atom stereocenters. The van der Waals surface area contributed by atoms with Crippen LogP contribution >= 0.6 is 0 Å². The monoisotopic (exact) mass is 278 g/mol. The molecule has 0 amide bonds. The van der Waals surface area contributed by atoms with Gasteiger partial charge < -0.3 is 4.74 Å². The summed E-state index contributed by atoms with van der Waals surface area (Å²) in [5, 5.41) is 0. The quantitative estimate of drug-likeness (QED) is 0.797. The van der Waals surface area contributed by atoms with Gasteiger partial charge in [-0.2, -0.15) is 0 Å². The van der Waals surface area contributed by atoms with Gasteiger partial charge in [-0.1, -0.05) is 60.7 Å². The normalized spacial score (nSPS) is 20.2. The molecular weight excluding hydrogens is 260 g/mol. The summed E-state index contributed by atoms with van der Waals surface area (Å²) < 4.78 is 5.06. The molecule has 1 aliphatic rings. The molecular formula is C19H18O2. The molecule has 21 heavy (non-hydrogen) atoms. The fourth-order valence-corrected chi connectivity index (χ4v) is 3.29. The van der Waals surface area contributed by atoms with Gasteiger partial charge in [0.05, 0.1) is 18.8 Å². The summed E-state index contributed by atoms with van der Waals surface area (Å²) in [6, 6.07) is 20.1. The van der Waals surface area contributed by atoms with Crippen molar-refractivity contribution in [3.63, 3.8) is 0 Å². The fraction of sp³-hybridized carbons (Fsp3) is 0.211. The van der Waals surface area contributed by atoms with E-state index in [-0.39, 0.29) is 11.7 Å². The van der Waals surface area contributed by atoms with E-state index in [1.165, 1.54) is 0 Å². The lowest BCUT2D eigenvalue weighted by Gasteiger charge is -2.47. The summed E-state index contributed by atoms with van der Waals surface area (Å²) in [5.41, 5.74) is 1.54. The molecule has 0 spiro atoms. The lowest BCUT2D eigenvalue weighted by atomic mass is 9.52. The second kappa shape index (κ2) is 5.57. The SMILES string of the molecule is CO/C=C/C1CC(=O)C1(c1ccccc1)c1ccccc1. The maximum absolute atomic E-state index is 12.7. The molecule has 0 N–H and O–H groups in total. The molecule has 2 aromatic carbocycles. The van der Waals surface area contributed by atoms with Crippen LogP contribution in [0.4, 0.5) is 0 Å². The lowest BCUT2D eigenvalue weighted by molar-refractivity contribution is -0.133. The van der Waals surface area contributed by atoms with Crippen molar-refractivity contribution < 1.29 is 9.53 Å². The highest BCUT2D eigenvalue weighted by Crippen LogP contribution is 2.51. The first-order valence-electron chi connectivity index (χ1n) is 7.14. The van der Waals surface area contributed by atoms with Gasteiger partial charge in [0.1, 0.15) is 5.78 Å². The zero-order valence-corrected chi connectivity index (χ0v) is 12.0. The van der Waals surface area contributed by atoms with Crippen LogP contribution in [-0.4, -0.2) is 12.9 Å². The molecule has 1 saturated carbocycles. The van der Waals surface area contributed by atoms with E-state index in [2.05, 4.69) is 0 Å². The van der Waals surface area contributed by atoms with E-state index in [0.717, 1.165) is 11.1 Å². The van der Waals surface area contributed by atoms with Crippen LogP contribution in [-0.2, 0) is 14.9 Å². The summed E-state index contributed by atoms with van der Waals surface area (Å²) in [4.78, 5) is 12.7. The van der Waals surface area contributed by atoms with Crippen LogP contribution in [0.2, 0.25) is 0 Å². The molecule has 0 aliphatic heterocycles. The number of rotatable bonds is 4. The van der Waals surface area contributed by atoms with Crippen molar-refractivity contribution in [1.82, 2.24) is 0 Å². The number of methoxy groups -OCH3 is 1. The average molecular weight is 278 g/mol. The topological polar surface area (TPSA) is 26.3 Å². The van der Waals surface area contributed by atoms with Crippen LogP contribution in [0.5, 0.6) is 0 Å². The minimum Gasteiger partial charge on any atom is -0.505 e. The largest absolute Gasteiger partial charge is 0.505 e. The number of ether oxygens (including phenoxy) is 1. The van der Waals surface area contributed by atoms with Crippen LogP contribution in [0.25, 0.3) is 0 Å². The maximum atomic E-state index is 12.7. The Morgan fingerprint density at radius 2 is 1.52 bits per heavy atom. The first-order chi connectivity index (χ1) is 10.3. The number of carbonyl (C=O) groups is 1. The van der Waals surface area contributed by atoms with Crippen LogP contribution in [0.15, 0.2) is 73.0 Å². The predicted octanol–water partition coefficient (Wildman–Crippen LogP) is 3.72. The molecule has 2 aromatic rings. The third kappa shape index (κ3) is 2.07. The molecule has 0 aromatic heterocycles. The number of hydrogen-bond donors (Lipinski definition) is 0. The molecule has 1 aliphatic carbocycles. The van der Waals surface area contributed by atoms with E-state index in [1.54, 1.807) is 13.4 Å². The Morgan fingerprint density at radius 1 is 1.00 bits per heavy atom. The number of hydrogen-bond acceptors (Lipinski definition) is 2. The maximum Gasteiger partial charge on any atom is 0.149 e. The minimum absolute atomic E-state index is 0.134. The van der Waals surface area contributed by atoms with Gasteiger partial charge >= 0.3 is 0 Å². The Balaban J connectivity index is 2.16. The van der Waals surface area contributed by atoms with Gasteiger partial charge in [-0.3, -0.25) is 4.79 Å². The first-order valence-corrected chi connectivity index (χ1v) is 7.14. The van der Waals surface area contributed by atoms with Crippen LogP contribution < -0.4 is 0 Å². The van der Waals surface area contributed by atoms with Gasteiger partial charge in [0.15, 0.2) is 0 Å². The Morgan fingerprint density at radius 3 is 1.95 bits per heavy atom. The van der Waals surface area contributed by atoms with Crippen molar-refractivity contribution in [3.05, 3.63) is 84.1 Å². The highest BCUT2D eigenvalue weighted by atomic mass is 16.5. The van der Waals surface area contributed by atoms with Crippen molar-refractivity contribution in [2.45, 2.75) is 11.8 Å². The summed E-state index contributed by atoms with van der Waals surface area (Å²) >= 11 is 0.